The zero-order chi connectivity index (χ0) is 18.2. The number of hydrogen-bond donors (Lipinski definition) is 2. The van der Waals surface area contributed by atoms with E-state index in [9.17, 15) is 4.79 Å². The maximum Gasteiger partial charge on any atom is 0.250 e. The second-order valence-corrected chi connectivity index (χ2v) is 5.87. The number of nitrogens with one attached hydrogen (secondary N) is 2. The van der Waals surface area contributed by atoms with Crippen LogP contribution in [0.1, 0.15) is 25.2 Å². The Morgan fingerprint density at radius 3 is 2.64 bits per heavy atom. The second-order valence-electron chi connectivity index (χ2n) is 5.46. The Bertz CT molecular complexity index is 750. The Balaban J connectivity index is 1.94. The largest absolute Gasteiger partial charge is 0.465 e. The van der Waals surface area contributed by atoms with Crippen molar-refractivity contribution in [3.05, 3.63) is 54.0 Å². The van der Waals surface area contributed by atoms with Gasteiger partial charge in [-0.15, -0.1) is 0 Å². The van der Waals surface area contributed by atoms with E-state index in [0.717, 1.165) is 24.3 Å². The molecule has 0 saturated carbocycles. The van der Waals surface area contributed by atoms with Gasteiger partial charge < -0.3 is 14.6 Å². The van der Waals surface area contributed by atoms with E-state index in [-0.39, 0.29) is 11.0 Å². The van der Waals surface area contributed by atoms with Crippen molar-refractivity contribution in [1.29, 1.82) is 0 Å². The van der Waals surface area contributed by atoms with Gasteiger partial charge >= 0.3 is 0 Å². The van der Waals surface area contributed by atoms with E-state index in [0.29, 0.717) is 5.76 Å². The van der Waals surface area contributed by atoms with Gasteiger partial charge in [-0.2, -0.15) is 0 Å². The zero-order valence-electron chi connectivity index (χ0n) is 14.7. The van der Waals surface area contributed by atoms with E-state index in [1.54, 1.807) is 24.5 Å². The van der Waals surface area contributed by atoms with Crippen molar-refractivity contribution in [2.45, 2.75) is 20.8 Å². The number of carbonyl (C=O) groups excluding carboxylic acids is 1. The third-order valence-electron chi connectivity index (χ3n) is 3.77. The maximum absolute atomic E-state index is 11.9. The number of aryl methyl sites for hydroxylation is 1. The zero-order valence-corrected chi connectivity index (χ0v) is 15.5. The number of thiocarbonyl (C=S) groups is 1. The summed E-state index contributed by atoms with van der Waals surface area (Å²) < 4.78 is 5.13. The Labute approximate surface area is 153 Å². The second kappa shape index (κ2) is 9.03. The van der Waals surface area contributed by atoms with Crippen molar-refractivity contribution >= 4 is 40.7 Å². The molecule has 132 valence electrons. The van der Waals surface area contributed by atoms with Crippen LogP contribution in [0.15, 0.2) is 47.1 Å². The molecule has 0 atom stereocenters. The predicted octanol–water partition coefficient (Wildman–Crippen LogP) is 3.96. The molecule has 1 aromatic carbocycles. The Morgan fingerprint density at radius 1 is 1.28 bits per heavy atom. The molecular weight excluding hydrogens is 334 g/mol. The molecule has 0 saturated heterocycles. The molecule has 2 aromatic rings. The first kappa shape index (κ1) is 18.7. The number of nitrogens with zero attached hydrogens (tertiary/aromatic N) is 1. The predicted molar refractivity (Wildman–Crippen MR) is 107 cm³/mol. The highest BCUT2D eigenvalue weighted by Crippen LogP contribution is 2.22. The van der Waals surface area contributed by atoms with Crippen LogP contribution < -0.4 is 15.5 Å². The van der Waals surface area contributed by atoms with Crippen LogP contribution in [0.25, 0.3) is 6.08 Å². The van der Waals surface area contributed by atoms with Gasteiger partial charge in [-0.3, -0.25) is 10.1 Å². The Morgan fingerprint density at radius 2 is 2.04 bits per heavy atom. The summed E-state index contributed by atoms with van der Waals surface area (Å²) in [7, 11) is 0. The van der Waals surface area contributed by atoms with Gasteiger partial charge in [0.2, 0.25) is 5.91 Å². The molecule has 1 aromatic heterocycles. The topological polar surface area (TPSA) is 57.5 Å². The van der Waals surface area contributed by atoms with Crippen LogP contribution in [0.5, 0.6) is 0 Å². The van der Waals surface area contributed by atoms with E-state index in [2.05, 4.69) is 35.4 Å². The highest BCUT2D eigenvalue weighted by molar-refractivity contribution is 7.80. The van der Waals surface area contributed by atoms with Gasteiger partial charge in [-0.1, -0.05) is 0 Å². The van der Waals surface area contributed by atoms with Crippen LogP contribution in [0, 0.1) is 6.92 Å². The van der Waals surface area contributed by atoms with Crippen molar-refractivity contribution < 1.29 is 9.21 Å². The summed E-state index contributed by atoms with van der Waals surface area (Å²) in [5, 5.41) is 5.94. The normalized spacial score (nSPS) is 10.7. The van der Waals surface area contributed by atoms with E-state index in [4.69, 9.17) is 16.6 Å². The van der Waals surface area contributed by atoms with Crippen LogP contribution in [0.2, 0.25) is 0 Å². The fourth-order valence-corrected chi connectivity index (χ4v) is 2.64. The standard InChI is InChI=1S/C19H23N3O2S/c1-4-22(5-2)15-8-10-17(14(3)13-15)20-19(25)21-18(23)11-9-16-7-6-12-24-16/h6-13H,4-5H2,1-3H3,(H2,20,21,23,25)/b11-9+. The molecule has 2 N–H and O–H groups in total. The fourth-order valence-electron chi connectivity index (χ4n) is 2.42. The minimum Gasteiger partial charge on any atom is -0.465 e. The maximum atomic E-state index is 11.9. The molecule has 0 aliphatic rings. The first-order valence-corrected chi connectivity index (χ1v) is 8.63. The number of hydrogen-bond acceptors (Lipinski definition) is 4. The molecule has 1 heterocycles. The van der Waals surface area contributed by atoms with Gasteiger partial charge in [0, 0.05) is 30.5 Å². The molecule has 0 unspecified atom stereocenters. The van der Waals surface area contributed by atoms with Gasteiger partial charge in [-0.25, -0.2) is 0 Å². The highest BCUT2D eigenvalue weighted by atomic mass is 32.1. The SMILES string of the molecule is CCN(CC)c1ccc(NC(=S)NC(=O)/C=C/c2ccco2)c(C)c1. The summed E-state index contributed by atoms with van der Waals surface area (Å²) >= 11 is 5.21. The van der Waals surface area contributed by atoms with Gasteiger partial charge in [0.15, 0.2) is 5.11 Å². The number of amides is 1. The van der Waals surface area contributed by atoms with E-state index in [1.807, 2.05) is 19.1 Å². The van der Waals surface area contributed by atoms with Crippen LogP contribution >= 0.6 is 12.2 Å². The molecule has 6 heteroatoms. The first-order valence-electron chi connectivity index (χ1n) is 8.22. The first-order chi connectivity index (χ1) is 12.0. The molecule has 0 aliphatic heterocycles. The molecule has 25 heavy (non-hydrogen) atoms. The summed E-state index contributed by atoms with van der Waals surface area (Å²) in [6.07, 6.45) is 4.51. The molecule has 0 spiro atoms. The molecule has 0 aliphatic carbocycles. The summed E-state index contributed by atoms with van der Waals surface area (Å²) in [6.45, 7) is 8.19. The lowest BCUT2D eigenvalue weighted by atomic mass is 10.1. The van der Waals surface area contributed by atoms with Crippen molar-refractivity contribution in [3.63, 3.8) is 0 Å². The molecule has 1 amide bonds. The molecule has 0 radical (unpaired) electrons. The number of carbonyl (C=O) groups is 1. The monoisotopic (exact) mass is 357 g/mol. The van der Waals surface area contributed by atoms with E-state index in [1.165, 1.54) is 11.8 Å². The van der Waals surface area contributed by atoms with Crippen molar-refractivity contribution in [1.82, 2.24) is 5.32 Å². The summed E-state index contributed by atoms with van der Waals surface area (Å²) in [4.78, 5) is 14.1. The molecule has 0 bridgehead atoms. The lowest BCUT2D eigenvalue weighted by molar-refractivity contribution is -0.115. The number of anilines is 2. The average Bonchev–Trinajstić information content (AvgIpc) is 3.10. The Kier molecular flexibility index (Phi) is 6.77. The van der Waals surface area contributed by atoms with E-state index < -0.39 is 0 Å². The smallest absolute Gasteiger partial charge is 0.250 e. The van der Waals surface area contributed by atoms with Crippen LogP contribution in [-0.2, 0) is 4.79 Å². The third kappa shape index (κ3) is 5.46. The number of benzene rings is 1. The minimum atomic E-state index is -0.314. The van der Waals surface area contributed by atoms with Gasteiger partial charge in [0.05, 0.1) is 6.26 Å². The van der Waals surface area contributed by atoms with Gasteiger partial charge in [-0.05, 0) is 75.0 Å². The van der Waals surface area contributed by atoms with Crippen molar-refractivity contribution in [2.24, 2.45) is 0 Å². The minimum absolute atomic E-state index is 0.257. The molecule has 5 nitrogen and oxygen atoms in total. The molecular formula is C19H23N3O2S. The highest BCUT2D eigenvalue weighted by Gasteiger charge is 2.07. The van der Waals surface area contributed by atoms with Crippen LogP contribution in [-0.4, -0.2) is 24.1 Å². The Hall–Kier alpha value is -2.60. The summed E-state index contributed by atoms with van der Waals surface area (Å²) in [6, 6.07) is 9.65. The number of furan rings is 1. The number of rotatable bonds is 6. The van der Waals surface area contributed by atoms with E-state index >= 15 is 0 Å². The molecule has 0 fully saturated rings. The summed E-state index contributed by atoms with van der Waals surface area (Å²) in [5.74, 6) is 0.295. The van der Waals surface area contributed by atoms with Crippen LogP contribution in [0.3, 0.4) is 0 Å². The quantitative estimate of drug-likeness (QED) is 0.605. The lowest BCUT2D eigenvalue weighted by Gasteiger charge is -2.22. The average molecular weight is 357 g/mol. The van der Waals surface area contributed by atoms with Crippen LogP contribution in [0.4, 0.5) is 11.4 Å². The fraction of sp³-hybridized carbons (Fsp3) is 0.263. The summed E-state index contributed by atoms with van der Waals surface area (Å²) in [5.41, 5.74) is 3.10. The van der Waals surface area contributed by atoms with Crippen molar-refractivity contribution in [3.8, 4) is 0 Å². The molecule has 2 rings (SSSR count). The van der Waals surface area contributed by atoms with Gasteiger partial charge in [0.1, 0.15) is 5.76 Å². The van der Waals surface area contributed by atoms with Gasteiger partial charge in [0.25, 0.3) is 0 Å². The van der Waals surface area contributed by atoms with Crippen molar-refractivity contribution in [2.75, 3.05) is 23.3 Å². The lowest BCUT2D eigenvalue weighted by Crippen LogP contribution is -2.33. The third-order valence-corrected chi connectivity index (χ3v) is 3.97.